The zero-order valence-electron chi connectivity index (χ0n) is 10.5. The van der Waals surface area contributed by atoms with E-state index in [1.807, 2.05) is 6.26 Å². The first-order valence-corrected chi connectivity index (χ1v) is 6.75. The van der Waals surface area contributed by atoms with E-state index in [9.17, 15) is 4.79 Å². The van der Waals surface area contributed by atoms with Gasteiger partial charge in [-0.05, 0) is 37.8 Å². The second kappa shape index (κ2) is 6.07. The summed E-state index contributed by atoms with van der Waals surface area (Å²) in [4.78, 5) is 12.1. The van der Waals surface area contributed by atoms with Crippen LogP contribution in [0.5, 0.6) is 0 Å². The van der Waals surface area contributed by atoms with Crippen molar-refractivity contribution in [2.45, 2.75) is 25.3 Å². The zero-order chi connectivity index (χ0) is 12.9. The van der Waals surface area contributed by atoms with Crippen LogP contribution in [0.25, 0.3) is 0 Å². The summed E-state index contributed by atoms with van der Waals surface area (Å²) < 4.78 is 0. The van der Waals surface area contributed by atoms with E-state index >= 15 is 0 Å². The van der Waals surface area contributed by atoms with Crippen molar-refractivity contribution in [3.05, 3.63) is 29.8 Å². The van der Waals surface area contributed by atoms with Gasteiger partial charge in [0, 0.05) is 18.0 Å². The zero-order valence-corrected chi connectivity index (χ0v) is 11.3. The van der Waals surface area contributed by atoms with Gasteiger partial charge in [0.05, 0.1) is 5.41 Å². The van der Waals surface area contributed by atoms with Gasteiger partial charge in [-0.1, -0.05) is 12.1 Å². The van der Waals surface area contributed by atoms with E-state index in [0.717, 1.165) is 0 Å². The van der Waals surface area contributed by atoms with Gasteiger partial charge in [-0.25, -0.2) is 0 Å². The highest BCUT2D eigenvalue weighted by molar-refractivity contribution is 7.98. The van der Waals surface area contributed by atoms with Gasteiger partial charge in [-0.2, -0.15) is 0 Å². The Bertz CT molecular complexity index is 374. The van der Waals surface area contributed by atoms with Crippen molar-refractivity contribution in [3.63, 3.8) is 0 Å². The Morgan fingerprint density at radius 1 is 1.35 bits per heavy atom. The number of nitrogens with one attached hydrogen (secondary N) is 1. The lowest BCUT2D eigenvalue weighted by Gasteiger charge is -2.19. The Labute approximate surface area is 107 Å². The quantitative estimate of drug-likeness (QED) is 0.765. The van der Waals surface area contributed by atoms with E-state index in [1.54, 1.807) is 25.6 Å². The minimum atomic E-state index is -0.775. The minimum absolute atomic E-state index is 0.465. The third kappa shape index (κ3) is 4.40. The molecule has 0 aliphatic rings. The van der Waals surface area contributed by atoms with Crippen LogP contribution in [0.15, 0.2) is 29.2 Å². The molecule has 0 aromatic heterocycles. The van der Waals surface area contributed by atoms with E-state index in [-0.39, 0.29) is 0 Å². The molecule has 0 aliphatic carbocycles. The van der Waals surface area contributed by atoms with Crippen molar-refractivity contribution in [3.8, 4) is 0 Å². The average molecular weight is 253 g/mol. The number of carboxylic acids is 1. The summed E-state index contributed by atoms with van der Waals surface area (Å²) in [5, 5.41) is 12.1. The van der Waals surface area contributed by atoms with Crippen LogP contribution in [-0.2, 0) is 11.3 Å². The second-order valence-corrected chi connectivity index (χ2v) is 5.52. The van der Waals surface area contributed by atoms with Gasteiger partial charge in [0.2, 0.25) is 0 Å². The maximum absolute atomic E-state index is 10.9. The summed E-state index contributed by atoms with van der Waals surface area (Å²) in [5.74, 6) is -0.775. The SMILES string of the molecule is CSc1ccc(CNCC(C)(C)C(=O)O)cc1. The van der Waals surface area contributed by atoms with E-state index in [1.165, 1.54) is 10.5 Å². The number of carbonyl (C=O) groups is 1. The number of hydrogen-bond donors (Lipinski definition) is 2. The van der Waals surface area contributed by atoms with Crippen LogP contribution in [-0.4, -0.2) is 23.9 Å². The van der Waals surface area contributed by atoms with Gasteiger partial charge in [0.15, 0.2) is 0 Å². The summed E-state index contributed by atoms with van der Waals surface area (Å²) >= 11 is 1.71. The fourth-order valence-electron chi connectivity index (χ4n) is 1.34. The average Bonchev–Trinajstić information content (AvgIpc) is 2.29. The van der Waals surface area contributed by atoms with Gasteiger partial charge in [-0.3, -0.25) is 4.79 Å². The van der Waals surface area contributed by atoms with Gasteiger partial charge >= 0.3 is 5.97 Å². The molecule has 1 aromatic carbocycles. The van der Waals surface area contributed by atoms with Gasteiger partial charge in [0.25, 0.3) is 0 Å². The lowest BCUT2D eigenvalue weighted by molar-refractivity contribution is -0.146. The van der Waals surface area contributed by atoms with E-state index in [2.05, 4.69) is 29.6 Å². The Balaban J connectivity index is 2.43. The first-order chi connectivity index (χ1) is 7.95. The smallest absolute Gasteiger partial charge is 0.310 e. The first kappa shape index (κ1) is 14.1. The number of thioether (sulfide) groups is 1. The highest BCUT2D eigenvalue weighted by Gasteiger charge is 2.26. The van der Waals surface area contributed by atoms with Crippen molar-refractivity contribution in [1.82, 2.24) is 5.32 Å². The fraction of sp³-hybridized carbons (Fsp3) is 0.462. The van der Waals surface area contributed by atoms with Crippen LogP contribution in [0.1, 0.15) is 19.4 Å². The third-order valence-electron chi connectivity index (χ3n) is 2.63. The molecule has 0 radical (unpaired) electrons. The molecule has 1 aromatic rings. The molecule has 0 fully saturated rings. The maximum Gasteiger partial charge on any atom is 0.310 e. The van der Waals surface area contributed by atoms with Crippen molar-refractivity contribution in [1.29, 1.82) is 0 Å². The van der Waals surface area contributed by atoms with Crippen LogP contribution < -0.4 is 5.32 Å². The standard InChI is InChI=1S/C13H19NO2S/c1-13(2,12(15)16)9-14-8-10-4-6-11(17-3)7-5-10/h4-7,14H,8-9H2,1-3H3,(H,15,16). The topological polar surface area (TPSA) is 49.3 Å². The predicted molar refractivity (Wildman–Crippen MR) is 71.3 cm³/mol. The minimum Gasteiger partial charge on any atom is -0.481 e. The molecule has 0 saturated carbocycles. The number of aliphatic carboxylic acids is 1. The molecule has 0 aliphatic heterocycles. The highest BCUT2D eigenvalue weighted by atomic mass is 32.2. The number of benzene rings is 1. The normalized spacial score (nSPS) is 11.5. The maximum atomic E-state index is 10.9. The van der Waals surface area contributed by atoms with E-state index in [0.29, 0.717) is 13.1 Å². The molecule has 0 saturated heterocycles. The van der Waals surface area contributed by atoms with Crippen LogP contribution in [0.3, 0.4) is 0 Å². The summed E-state index contributed by atoms with van der Waals surface area (Å²) in [6.07, 6.45) is 2.04. The second-order valence-electron chi connectivity index (χ2n) is 4.64. The summed E-state index contributed by atoms with van der Waals surface area (Å²) in [7, 11) is 0. The molecule has 17 heavy (non-hydrogen) atoms. The largest absolute Gasteiger partial charge is 0.481 e. The van der Waals surface area contributed by atoms with Crippen molar-refractivity contribution < 1.29 is 9.90 Å². The van der Waals surface area contributed by atoms with Crippen LogP contribution in [0, 0.1) is 5.41 Å². The van der Waals surface area contributed by atoms with Crippen LogP contribution in [0.2, 0.25) is 0 Å². The lowest BCUT2D eigenvalue weighted by Crippen LogP contribution is -2.35. The fourth-order valence-corrected chi connectivity index (χ4v) is 1.75. The molecule has 0 spiro atoms. The molecule has 94 valence electrons. The Hall–Kier alpha value is -1.00. The van der Waals surface area contributed by atoms with Crippen molar-refractivity contribution in [2.75, 3.05) is 12.8 Å². The number of hydrogen-bond acceptors (Lipinski definition) is 3. The van der Waals surface area contributed by atoms with Gasteiger partial charge in [-0.15, -0.1) is 11.8 Å². The Kier molecular flexibility index (Phi) is 5.02. The molecule has 0 unspecified atom stereocenters. The molecular formula is C13H19NO2S. The first-order valence-electron chi connectivity index (χ1n) is 5.53. The number of carboxylic acid groups (broad SMARTS) is 1. The Morgan fingerprint density at radius 3 is 2.41 bits per heavy atom. The summed E-state index contributed by atoms with van der Waals surface area (Å²) in [6, 6.07) is 8.27. The molecular weight excluding hydrogens is 234 g/mol. The number of rotatable bonds is 6. The summed E-state index contributed by atoms with van der Waals surface area (Å²) in [6.45, 7) is 4.61. The summed E-state index contributed by atoms with van der Waals surface area (Å²) in [5.41, 5.74) is 0.447. The van der Waals surface area contributed by atoms with Crippen LogP contribution in [0.4, 0.5) is 0 Å². The molecule has 4 heteroatoms. The third-order valence-corrected chi connectivity index (χ3v) is 3.38. The molecule has 0 bridgehead atoms. The van der Waals surface area contributed by atoms with Crippen LogP contribution >= 0.6 is 11.8 Å². The lowest BCUT2D eigenvalue weighted by atomic mass is 9.94. The Morgan fingerprint density at radius 2 is 1.94 bits per heavy atom. The van der Waals surface area contributed by atoms with E-state index < -0.39 is 11.4 Å². The van der Waals surface area contributed by atoms with E-state index in [4.69, 9.17) is 5.11 Å². The van der Waals surface area contributed by atoms with Gasteiger partial charge < -0.3 is 10.4 Å². The monoisotopic (exact) mass is 253 g/mol. The van der Waals surface area contributed by atoms with Crippen molar-refractivity contribution in [2.24, 2.45) is 5.41 Å². The molecule has 3 nitrogen and oxygen atoms in total. The predicted octanol–water partition coefficient (Wildman–Crippen LogP) is 2.61. The molecule has 0 atom stereocenters. The molecule has 2 N–H and O–H groups in total. The molecule has 1 rings (SSSR count). The van der Waals surface area contributed by atoms with Gasteiger partial charge in [0.1, 0.15) is 0 Å². The highest BCUT2D eigenvalue weighted by Crippen LogP contribution is 2.16. The van der Waals surface area contributed by atoms with Crippen molar-refractivity contribution >= 4 is 17.7 Å². The molecule has 0 amide bonds. The molecule has 0 heterocycles.